The Hall–Kier alpha value is -1.89. The third kappa shape index (κ3) is 6.56. The van der Waals surface area contributed by atoms with Crippen molar-refractivity contribution in [2.24, 2.45) is 4.99 Å². The van der Waals surface area contributed by atoms with Gasteiger partial charge >= 0.3 is 6.18 Å². The van der Waals surface area contributed by atoms with E-state index in [2.05, 4.69) is 30.2 Å². The van der Waals surface area contributed by atoms with E-state index in [1.807, 2.05) is 30.6 Å². The van der Waals surface area contributed by atoms with Crippen LogP contribution in [0, 0.1) is 0 Å². The van der Waals surface area contributed by atoms with Crippen molar-refractivity contribution in [3.63, 3.8) is 0 Å². The normalized spacial score (nSPS) is 12.1. The maximum absolute atomic E-state index is 12.6. The number of guanidine groups is 1. The lowest BCUT2D eigenvalue weighted by Crippen LogP contribution is -2.39. The van der Waals surface area contributed by atoms with E-state index in [4.69, 9.17) is 0 Å². The molecule has 0 bridgehead atoms. The van der Waals surface area contributed by atoms with Gasteiger partial charge in [0.1, 0.15) is 0 Å². The number of thiazole rings is 1. The summed E-state index contributed by atoms with van der Waals surface area (Å²) in [5.41, 5.74) is 1.25. The van der Waals surface area contributed by atoms with Crippen molar-refractivity contribution in [3.05, 3.63) is 46.7 Å². The summed E-state index contributed by atoms with van der Waals surface area (Å²) in [5.74, 6) is 0.614. The molecule has 6 nitrogen and oxygen atoms in total. The SMILES string of the molecule is CN=C(NCCCn1cnc2ccccc21)NCCc1nc(C(F)(F)F)cs1.I. The van der Waals surface area contributed by atoms with Crippen molar-refractivity contribution in [1.82, 2.24) is 25.2 Å². The lowest BCUT2D eigenvalue weighted by molar-refractivity contribution is -0.140. The molecule has 0 aliphatic heterocycles. The Labute approximate surface area is 187 Å². The maximum atomic E-state index is 12.6. The molecule has 3 aromatic rings. The largest absolute Gasteiger partial charge is 0.434 e. The summed E-state index contributed by atoms with van der Waals surface area (Å²) < 4.78 is 39.8. The van der Waals surface area contributed by atoms with Gasteiger partial charge in [-0.15, -0.1) is 35.3 Å². The lowest BCUT2D eigenvalue weighted by atomic mass is 10.3. The smallest absolute Gasteiger partial charge is 0.356 e. The molecule has 1 aromatic carbocycles. The number of nitrogens with zero attached hydrogens (tertiary/aromatic N) is 4. The van der Waals surface area contributed by atoms with Gasteiger partial charge in [-0.3, -0.25) is 4.99 Å². The summed E-state index contributed by atoms with van der Waals surface area (Å²) in [6.07, 6.45) is -1.27. The molecule has 158 valence electrons. The fourth-order valence-electron chi connectivity index (χ4n) is 2.71. The van der Waals surface area contributed by atoms with Crippen LogP contribution in [0.15, 0.2) is 41.0 Å². The van der Waals surface area contributed by atoms with Gasteiger partial charge in [-0.1, -0.05) is 12.1 Å². The summed E-state index contributed by atoms with van der Waals surface area (Å²) in [6.45, 7) is 1.99. The molecule has 0 spiro atoms. The van der Waals surface area contributed by atoms with Crippen LogP contribution >= 0.6 is 35.3 Å². The fraction of sp³-hybridized carbons (Fsp3) is 0.389. The van der Waals surface area contributed by atoms with E-state index in [9.17, 15) is 13.2 Å². The van der Waals surface area contributed by atoms with Crippen LogP contribution in [-0.4, -0.2) is 40.6 Å². The van der Waals surface area contributed by atoms with Crippen molar-refractivity contribution >= 4 is 52.3 Å². The van der Waals surface area contributed by atoms with Gasteiger partial charge in [0.15, 0.2) is 11.7 Å². The molecular formula is C18H22F3IN6S. The van der Waals surface area contributed by atoms with Crippen molar-refractivity contribution in [1.29, 1.82) is 0 Å². The van der Waals surface area contributed by atoms with Gasteiger partial charge in [0, 0.05) is 38.5 Å². The zero-order valence-corrected chi connectivity index (χ0v) is 18.9. The second-order valence-electron chi connectivity index (χ2n) is 6.08. The number of para-hydroxylation sites is 2. The fourth-order valence-corrected chi connectivity index (χ4v) is 3.51. The molecule has 0 amide bonds. The molecule has 0 unspecified atom stereocenters. The van der Waals surface area contributed by atoms with E-state index >= 15 is 0 Å². The molecule has 2 heterocycles. The molecule has 0 radical (unpaired) electrons. The summed E-state index contributed by atoms with van der Waals surface area (Å²) in [7, 11) is 1.66. The highest BCUT2D eigenvalue weighted by Gasteiger charge is 2.33. The minimum absolute atomic E-state index is 0. The standard InChI is InChI=1S/C18H21F3N6S.HI/c1-22-17(24-9-7-16-26-15(11-28-16)18(19,20)21)23-8-4-10-27-12-25-13-5-2-3-6-14(13)27;/h2-3,5-6,11-12H,4,7-10H2,1H3,(H2,22,23,24);1H. The predicted molar refractivity (Wildman–Crippen MR) is 120 cm³/mol. The molecule has 0 saturated carbocycles. The first kappa shape index (κ1) is 23.4. The first-order valence-corrected chi connectivity index (χ1v) is 9.71. The number of imidazole rings is 1. The number of aliphatic imine (C=N–C) groups is 1. The average Bonchev–Trinajstić information content (AvgIpc) is 3.31. The molecule has 11 heteroatoms. The highest BCUT2D eigenvalue weighted by atomic mass is 127. The number of aromatic nitrogens is 3. The van der Waals surface area contributed by atoms with Crippen LogP contribution in [0.3, 0.4) is 0 Å². The third-order valence-corrected chi connectivity index (χ3v) is 5.00. The molecule has 0 aliphatic carbocycles. The highest BCUT2D eigenvalue weighted by Crippen LogP contribution is 2.29. The number of hydrogen-bond acceptors (Lipinski definition) is 4. The number of halogens is 4. The van der Waals surface area contributed by atoms with Crippen molar-refractivity contribution in [2.45, 2.75) is 25.6 Å². The molecule has 0 aliphatic rings. The van der Waals surface area contributed by atoms with Crippen LogP contribution < -0.4 is 10.6 Å². The Balaban J connectivity index is 0.00000300. The summed E-state index contributed by atoms with van der Waals surface area (Å²) in [5, 5.41) is 7.79. The van der Waals surface area contributed by atoms with Crippen molar-refractivity contribution < 1.29 is 13.2 Å². The number of nitrogens with one attached hydrogen (secondary N) is 2. The van der Waals surface area contributed by atoms with E-state index in [1.165, 1.54) is 0 Å². The Morgan fingerprint density at radius 3 is 2.69 bits per heavy atom. The van der Waals surface area contributed by atoms with Crippen LogP contribution in [0.5, 0.6) is 0 Å². The van der Waals surface area contributed by atoms with E-state index in [-0.39, 0.29) is 24.0 Å². The predicted octanol–water partition coefficient (Wildman–Crippen LogP) is 3.93. The van der Waals surface area contributed by atoms with Gasteiger partial charge in [-0.2, -0.15) is 13.2 Å². The summed E-state index contributed by atoms with van der Waals surface area (Å²) in [4.78, 5) is 12.1. The van der Waals surface area contributed by atoms with Crippen LogP contribution in [-0.2, 0) is 19.1 Å². The molecule has 3 rings (SSSR count). The molecule has 0 fully saturated rings. The second kappa shape index (κ2) is 10.8. The number of alkyl halides is 3. The monoisotopic (exact) mass is 538 g/mol. The second-order valence-corrected chi connectivity index (χ2v) is 7.02. The van der Waals surface area contributed by atoms with Crippen LogP contribution in [0.4, 0.5) is 13.2 Å². The van der Waals surface area contributed by atoms with Crippen LogP contribution in [0.2, 0.25) is 0 Å². The number of benzene rings is 1. The highest BCUT2D eigenvalue weighted by molar-refractivity contribution is 14.0. The summed E-state index contributed by atoms with van der Waals surface area (Å²) >= 11 is 1.02. The number of fused-ring (bicyclic) bond motifs is 1. The van der Waals surface area contributed by atoms with Crippen LogP contribution in [0.1, 0.15) is 17.1 Å². The van der Waals surface area contributed by atoms with E-state index in [0.717, 1.165) is 40.7 Å². The van der Waals surface area contributed by atoms with Crippen molar-refractivity contribution in [3.8, 4) is 0 Å². The van der Waals surface area contributed by atoms with Gasteiger partial charge < -0.3 is 15.2 Å². The number of aryl methyl sites for hydroxylation is 1. The Kier molecular flexibility index (Phi) is 8.68. The molecule has 2 aromatic heterocycles. The van der Waals surface area contributed by atoms with E-state index in [0.29, 0.717) is 30.5 Å². The molecule has 0 atom stereocenters. The molecule has 2 N–H and O–H groups in total. The third-order valence-electron chi connectivity index (χ3n) is 4.09. The van der Waals surface area contributed by atoms with Gasteiger partial charge in [-0.25, -0.2) is 9.97 Å². The minimum atomic E-state index is -4.39. The van der Waals surface area contributed by atoms with Gasteiger partial charge in [0.05, 0.1) is 22.4 Å². The Bertz CT molecular complexity index is 937. The van der Waals surface area contributed by atoms with E-state index in [1.54, 1.807) is 7.05 Å². The first-order chi connectivity index (χ1) is 13.5. The van der Waals surface area contributed by atoms with E-state index < -0.39 is 11.9 Å². The minimum Gasteiger partial charge on any atom is -0.356 e. The summed E-state index contributed by atoms with van der Waals surface area (Å²) in [6, 6.07) is 7.98. The molecule has 0 saturated heterocycles. The topological polar surface area (TPSA) is 67.1 Å². The average molecular weight is 538 g/mol. The zero-order chi connectivity index (χ0) is 20.0. The van der Waals surface area contributed by atoms with Crippen LogP contribution in [0.25, 0.3) is 11.0 Å². The van der Waals surface area contributed by atoms with Gasteiger partial charge in [-0.05, 0) is 18.6 Å². The lowest BCUT2D eigenvalue weighted by Gasteiger charge is -2.11. The van der Waals surface area contributed by atoms with Crippen molar-refractivity contribution in [2.75, 3.05) is 20.1 Å². The number of hydrogen-bond donors (Lipinski definition) is 2. The quantitative estimate of drug-likeness (QED) is 0.207. The Morgan fingerprint density at radius 2 is 1.97 bits per heavy atom. The van der Waals surface area contributed by atoms with Gasteiger partial charge in [0.25, 0.3) is 0 Å². The molecular weight excluding hydrogens is 516 g/mol. The zero-order valence-electron chi connectivity index (χ0n) is 15.7. The molecule has 29 heavy (non-hydrogen) atoms. The number of rotatable bonds is 7. The Morgan fingerprint density at radius 1 is 1.21 bits per heavy atom. The maximum Gasteiger partial charge on any atom is 0.434 e. The van der Waals surface area contributed by atoms with Gasteiger partial charge in [0.2, 0.25) is 0 Å². The first-order valence-electron chi connectivity index (χ1n) is 8.83.